The van der Waals surface area contributed by atoms with Crippen molar-refractivity contribution in [3.63, 3.8) is 0 Å². The Hall–Kier alpha value is -0.633. The van der Waals surface area contributed by atoms with Crippen molar-refractivity contribution in [3.05, 3.63) is 36.8 Å². The molecule has 0 bridgehead atoms. The van der Waals surface area contributed by atoms with Gasteiger partial charge in [-0.3, -0.25) is 4.11 Å². The fourth-order valence-electron chi connectivity index (χ4n) is 0.250. The third-order valence-corrected chi connectivity index (χ3v) is 2.82. The molecule has 0 radical (unpaired) electrons. The molecule has 0 rings (SSSR count). The molecule has 8 heavy (non-hydrogen) atoms. The highest BCUT2D eigenvalue weighted by Crippen LogP contribution is 2.06. The van der Waals surface area contributed by atoms with Crippen molar-refractivity contribution >= 4 is 8.41 Å². The van der Waals surface area contributed by atoms with Gasteiger partial charge in [0.1, 0.15) is 0 Å². The van der Waals surface area contributed by atoms with Crippen molar-refractivity contribution in [2.75, 3.05) is 0 Å². The predicted octanol–water partition coefficient (Wildman–Crippen LogP) is 2.08. The average molecular weight is 128 g/mol. The lowest BCUT2D eigenvalue weighted by atomic mass is 11.2. The van der Waals surface area contributed by atoms with Gasteiger partial charge in [-0.05, 0) is 0 Å². The summed E-state index contributed by atoms with van der Waals surface area (Å²) in [5, 5.41) is 0. The van der Waals surface area contributed by atoms with E-state index in [2.05, 4.69) is 19.7 Å². The summed E-state index contributed by atoms with van der Waals surface area (Å²) in [7, 11) is -2.88. The van der Waals surface area contributed by atoms with E-state index in [1.54, 1.807) is 0 Å². The van der Waals surface area contributed by atoms with Gasteiger partial charge >= 0.3 is 8.41 Å². The Kier molecular flexibility index (Phi) is 2.41. The van der Waals surface area contributed by atoms with E-state index in [4.69, 9.17) is 0 Å². The highest BCUT2D eigenvalue weighted by atomic mass is 28.4. The van der Waals surface area contributed by atoms with Crippen LogP contribution in [0.1, 0.15) is 0 Å². The van der Waals surface area contributed by atoms with Crippen molar-refractivity contribution in [2.45, 2.75) is 0 Å². The summed E-state index contributed by atoms with van der Waals surface area (Å²) in [5.41, 5.74) is 3.85. The van der Waals surface area contributed by atoms with Crippen molar-refractivity contribution in [1.29, 1.82) is 0 Å². The first-order chi connectivity index (χ1) is 3.68. The maximum absolute atomic E-state index is 12.8. The van der Waals surface area contributed by atoms with E-state index < -0.39 is 8.41 Å². The number of hydrogen-bond acceptors (Lipinski definition) is 0. The van der Waals surface area contributed by atoms with E-state index in [0.29, 0.717) is 0 Å². The highest BCUT2D eigenvalue weighted by molar-refractivity contribution is 6.87. The molecule has 0 amide bonds. The van der Waals surface area contributed by atoms with Crippen LogP contribution in [0, 0.1) is 0 Å². The molecule has 0 N–H and O–H groups in total. The summed E-state index contributed by atoms with van der Waals surface area (Å²) in [6.45, 7) is 9.96. The van der Waals surface area contributed by atoms with Crippen molar-refractivity contribution in [1.82, 2.24) is 0 Å². The van der Waals surface area contributed by atoms with Crippen LogP contribution in [0.25, 0.3) is 0 Å². The van der Waals surface area contributed by atoms with Gasteiger partial charge in [0.25, 0.3) is 0 Å². The molecule has 0 saturated heterocycles. The largest absolute Gasteiger partial charge is 0.316 e. The van der Waals surface area contributed by atoms with E-state index in [0.717, 1.165) is 0 Å². The molecule has 0 fully saturated rings. The van der Waals surface area contributed by atoms with Gasteiger partial charge in [-0.15, -0.1) is 19.7 Å². The molecule has 0 saturated carbocycles. The van der Waals surface area contributed by atoms with Crippen molar-refractivity contribution in [2.24, 2.45) is 0 Å². The van der Waals surface area contributed by atoms with Crippen molar-refractivity contribution in [3.8, 4) is 0 Å². The third kappa shape index (κ3) is 1.46. The van der Waals surface area contributed by atoms with Crippen LogP contribution in [0.3, 0.4) is 0 Å². The molecule has 0 atom stereocenters. The second-order valence-electron chi connectivity index (χ2n) is 1.44. The maximum atomic E-state index is 12.8. The zero-order chi connectivity index (χ0) is 6.62. The normalized spacial score (nSPS) is 10.1. The van der Waals surface area contributed by atoms with Gasteiger partial charge in [0.05, 0.1) is 0 Å². The van der Waals surface area contributed by atoms with Gasteiger partial charge in [-0.25, -0.2) is 0 Å². The van der Waals surface area contributed by atoms with Crippen LogP contribution in [0.15, 0.2) is 36.8 Å². The lowest BCUT2D eigenvalue weighted by Crippen LogP contribution is -2.18. The minimum atomic E-state index is -2.88. The maximum Gasteiger partial charge on any atom is 0.316 e. The molecule has 44 valence electrons. The summed E-state index contributed by atoms with van der Waals surface area (Å²) in [4.78, 5) is 0. The summed E-state index contributed by atoms with van der Waals surface area (Å²) in [5.74, 6) is 0. The van der Waals surface area contributed by atoms with Crippen LogP contribution in [0.5, 0.6) is 0 Å². The summed E-state index contributed by atoms with van der Waals surface area (Å²) in [6.07, 6.45) is 0. The van der Waals surface area contributed by atoms with Crippen LogP contribution in [-0.4, -0.2) is 8.41 Å². The predicted molar refractivity (Wildman–Crippen MR) is 37.5 cm³/mol. The zero-order valence-corrected chi connectivity index (χ0v) is 5.73. The molecule has 0 heterocycles. The standard InChI is InChI=1S/C6H9FSi/c1-4-8(7,5-2)6-3/h4-6H,1-3H2. The quantitative estimate of drug-likeness (QED) is 0.403. The first-order valence-electron chi connectivity index (χ1n) is 2.28. The zero-order valence-electron chi connectivity index (χ0n) is 4.73. The lowest BCUT2D eigenvalue weighted by molar-refractivity contribution is 0.839. The van der Waals surface area contributed by atoms with Crippen molar-refractivity contribution < 1.29 is 4.11 Å². The SMILES string of the molecule is C=C[Si](F)(C=C)C=C. The molecule has 0 aliphatic heterocycles. The second kappa shape index (κ2) is 2.62. The monoisotopic (exact) mass is 128 g/mol. The van der Waals surface area contributed by atoms with E-state index in [1.165, 1.54) is 17.1 Å². The van der Waals surface area contributed by atoms with Crippen LogP contribution in [-0.2, 0) is 0 Å². The summed E-state index contributed by atoms with van der Waals surface area (Å²) in [6, 6.07) is 0. The average Bonchev–Trinajstić information content (AvgIpc) is 1.87. The fraction of sp³-hybridized carbons (Fsp3) is 0. The van der Waals surface area contributed by atoms with Crippen LogP contribution < -0.4 is 0 Å². The Balaban J connectivity index is 4.18. The van der Waals surface area contributed by atoms with Gasteiger partial charge in [-0.2, -0.15) is 0 Å². The third-order valence-electron chi connectivity index (χ3n) is 0.939. The van der Waals surface area contributed by atoms with Gasteiger partial charge in [0, 0.05) is 0 Å². The highest BCUT2D eigenvalue weighted by Gasteiger charge is 2.19. The Bertz CT molecular complexity index is 95.9. The molecule has 0 aromatic heterocycles. The second-order valence-corrected chi connectivity index (χ2v) is 4.32. The molecule has 0 unspecified atom stereocenters. The Morgan fingerprint density at radius 2 is 1.25 bits per heavy atom. The smallest absolute Gasteiger partial charge is 0.298 e. The molecule has 0 spiro atoms. The van der Waals surface area contributed by atoms with E-state index in [1.807, 2.05) is 0 Å². The number of hydrogen-bond donors (Lipinski definition) is 0. The molecule has 0 aromatic carbocycles. The minimum absolute atomic E-state index is 1.28. The molecule has 0 aromatic rings. The van der Waals surface area contributed by atoms with Crippen LogP contribution in [0.2, 0.25) is 0 Å². The lowest BCUT2D eigenvalue weighted by Gasteiger charge is -2.02. The molecule has 0 aliphatic rings. The molecule has 0 aliphatic carbocycles. The van der Waals surface area contributed by atoms with E-state index in [-0.39, 0.29) is 0 Å². The van der Waals surface area contributed by atoms with Gasteiger partial charge in [0.15, 0.2) is 0 Å². The van der Waals surface area contributed by atoms with Gasteiger partial charge in [-0.1, -0.05) is 17.1 Å². The summed E-state index contributed by atoms with van der Waals surface area (Å²) < 4.78 is 12.8. The van der Waals surface area contributed by atoms with E-state index >= 15 is 0 Å². The first kappa shape index (κ1) is 7.37. The minimum Gasteiger partial charge on any atom is -0.298 e. The molecule has 2 heteroatoms. The molecule has 0 nitrogen and oxygen atoms in total. The topological polar surface area (TPSA) is 0 Å². The molecular weight excluding hydrogens is 119 g/mol. The number of halogens is 1. The fourth-order valence-corrected chi connectivity index (χ4v) is 0.750. The van der Waals surface area contributed by atoms with Gasteiger partial charge < -0.3 is 0 Å². The van der Waals surface area contributed by atoms with E-state index in [9.17, 15) is 4.11 Å². The Morgan fingerprint density at radius 1 is 1.00 bits per heavy atom. The van der Waals surface area contributed by atoms with Crippen LogP contribution in [0.4, 0.5) is 4.11 Å². The molecular formula is C6H9FSi. The number of rotatable bonds is 3. The Morgan fingerprint density at radius 3 is 1.25 bits per heavy atom. The first-order valence-corrected chi connectivity index (χ1v) is 4.39. The Labute approximate surface area is 50.2 Å². The summed E-state index contributed by atoms with van der Waals surface area (Å²) >= 11 is 0. The van der Waals surface area contributed by atoms with Gasteiger partial charge in [0.2, 0.25) is 0 Å². The van der Waals surface area contributed by atoms with Crippen LogP contribution >= 0.6 is 0 Å².